The van der Waals surface area contributed by atoms with E-state index in [2.05, 4.69) is 48.3 Å². The Balaban J connectivity index is 1.98. The van der Waals surface area contributed by atoms with E-state index in [1.54, 1.807) is 19.2 Å². The number of ether oxygens (including phenoxy) is 3. The summed E-state index contributed by atoms with van der Waals surface area (Å²) in [5.41, 5.74) is 4.48. The fraction of sp³-hybridized carbons (Fsp3) is 0.440. The second-order valence-corrected chi connectivity index (χ2v) is 8.19. The molecule has 0 radical (unpaired) electrons. The molecule has 32 heavy (non-hydrogen) atoms. The van der Waals surface area contributed by atoms with Gasteiger partial charge in [0.15, 0.2) is 0 Å². The highest BCUT2D eigenvalue weighted by molar-refractivity contribution is 5.77. The van der Waals surface area contributed by atoms with Crippen molar-refractivity contribution < 1.29 is 19.0 Å². The van der Waals surface area contributed by atoms with Crippen molar-refractivity contribution in [1.82, 2.24) is 0 Å². The molecule has 0 spiro atoms. The lowest BCUT2D eigenvalue weighted by atomic mass is 9.95. The Morgan fingerprint density at radius 2 is 1.88 bits per heavy atom. The van der Waals surface area contributed by atoms with Gasteiger partial charge in [0, 0.05) is 31.8 Å². The maximum absolute atomic E-state index is 12.0. The number of nitrogens with zero attached hydrogens (tertiary/aromatic N) is 2. The third-order valence-corrected chi connectivity index (χ3v) is 5.55. The Morgan fingerprint density at radius 1 is 1.19 bits per heavy atom. The molecule has 0 saturated carbocycles. The summed E-state index contributed by atoms with van der Waals surface area (Å²) in [5.74, 6) is -0.390. The normalized spacial score (nSPS) is 19.2. The summed E-state index contributed by atoms with van der Waals surface area (Å²) in [6, 6.07) is 15.7. The molecule has 0 aliphatic carbocycles. The first-order valence-corrected chi connectivity index (χ1v) is 10.8. The molecule has 7 nitrogen and oxygen atoms in total. The monoisotopic (exact) mass is 437 g/mol. The van der Waals surface area contributed by atoms with Crippen LogP contribution in [0.1, 0.15) is 37.3 Å². The molecule has 1 heterocycles. The molecule has 1 aliphatic heterocycles. The minimum Gasteiger partial charge on any atom is -0.469 e. The van der Waals surface area contributed by atoms with E-state index in [-0.39, 0.29) is 30.5 Å². The van der Waals surface area contributed by atoms with Crippen molar-refractivity contribution in [2.24, 2.45) is 0 Å². The number of nitrogens with one attached hydrogen (secondary N) is 1. The van der Waals surface area contributed by atoms with Crippen LogP contribution in [0, 0.1) is 11.3 Å². The average Bonchev–Trinajstić information content (AvgIpc) is 2.78. The highest BCUT2D eigenvalue weighted by atomic mass is 16.5. The predicted octanol–water partition coefficient (Wildman–Crippen LogP) is 4.21. The van der Waals surface area contributed by atoms with Gasteiger partial charge in [0.1, 0.15) is 0 Å². The minimum atomic E-state index is -0.270. The van der Waals surface area contributed by atoms with Crippen molar-refractivity contribution >= 4 is 23.0 Å². The lowest BCUT2D eigenvalue weighted by Gasteiger charge is -2.38. The molecular formula is C25H31N3O4. The summed E-state index contributed by atoms with van der Waals surface area (Å²) >= 11 is 0. The van der Waals surface area contributed by atoms with Gasteiger partial charge in [-0.3, -0.25) is 4.79 Å². The summed E-state index contributed by atoms with van der Waals surface area (Å²) in [7, 11) is 3.03. The van der Waals surface area contributed by atoms with E-state index in [9.17, 15) is 4.79 Å². The number of methoxy groups -OCH3 is 2. The number of benzene rings is 2. The number of morpholine rings is 1. The molecule has 1 saturated heterocycles. The number of hydrogen-bond donors (Lipinski definition) is 1. The fourth-order valence-corrected chi connectivity index (χ4v) is 4.10. The Labute approximate surface area is 189 Å². The largest absolute Gasteiger partial charge is 0.469 e. The van der Waals surface area contributed by atoms with Crippen molar-refractivity contribution in [2.45, 2.75) is 38.4 Å². The molecule has 3 rings (SSSR count). The Morgan fingerprint density at radius 3 is 2.47 bits per heavy atom. The molecule has 1 aliphatic rings. The van der Waals surface area contributed by atoms with Gasteiger partial charge in [-0.05, 0) is 55.8 Å². The van der Waals surface area contributed by atoms with Gasteiger partial charge >= 0.3 is 5.97 Å². The third kappa shape index (κ3) is 6.00. The van der Waals surface area contributed by atoms with E-state index in [4.69, 9.17) is 19.5 Å². The van der Waals surface area contributed by atoms with Gasteiger partial charge < -0.3 is 24.4 Å². The average molecular weight is 438 g/mol. The Kier molecular flexibility index (Phi) is 8.09. The standard InChI is InChI=1S/C25H31N3O4/c1-17-14-28(15-18(2)32-17)24-10-7-20(21(16-30-3)12-25(29)31-4)11-23(24)27-22-8-5-19(13-26)6-9-22/h5-11,17-18,21,27H,12,14-16H2,1-4H3/t17-,18+,21?. The van der Waals surface area contributed by atoms with Crippen LogP contribution in [-0.2, 0) is 19.0 Å². The number of esters is 1. The number of anilines is 3. The molecule has 3 atom stereocenters. The predicted molar refractivity (Wildman–Crippen MR) is 124 cm³/mol. The first-order chi connectivity index (χ1) is 15.4. The van der Waals surface area contributed by atoms with E-state index in [0.29, 0.717) is 12.2 Å². The molecule has 7 heteroatoms. The Bertz CT molecular complexity index is 945. The van der Waals surface area contributed by atoms with Crippen LogP contribution in [0.25, 0.3) is 0 Å². The molecule has 0 bridgehead atoms. The van der Waals surface area contributed by atoms with Gasteiger partial charge in [-0.25, -0.2) is 0 Å². The van der Waals surface area contributed by atoms with Crippen molar-refractivity contribution in [3.8, 4) is 6.07 Å². The van der Waals surface area contributed by atoms with E-state index < -0.39 is 0 Å². The van der Waals surface area contributed by atoms with Crippen molar-refractivity contribution in [3.63, 3.8) is 0 Å². The first kappa shape index (κ1) is 23.6. The first-order valence-electron chi connectivity index (χ1n) is 10.8. The van der Waals surface area contributed by atoms with E-state index in [0.717, 1.165) is 35.7 Å². The molecular weight excluding hydrogens is 406 g/mol. The van der Waals surface area contributed by atoms with Crippen molar-refractivity contribution in [3.05, 3.63) is 53.6 Å². The minimum absolute atomic E-state index is 0.120. The van der Waals surface area contributed by atoms with Crippen LogP contribution >= 0.6 is 0 Å². The lowest BCUT2D eigenvalue weighted by molar-refractivity contribution is -0.141. The topological polar surface area (TPSA) is 83.8 Å². The van der Waals surface area contributed by atoms with Crippen LogP contribution in [0.4, 0.5) is 17.1 Å². The number of carbonyl (C=O) groups excluding carboxylic acids is 1. The summed E-state index contributed by atoms with van der Waals surface area (Å²) in [6.07, 6.45) is 0.495. The van der Waals surface area contributed by atoms with Gasteiger partial charge in [0.05, 0.1) is 55.4 Å². The summed E-state index contributed by atoms with van der Waals surface area (Å²) < 4.78 is 16.2. The highest BCUT2D eigenvalue weighted by Crippen LogP contribution is 2.35. The van der Waals surface area contributed by atoms with Crippen LogP contribution in [0.15, 0.2) is 42.5 Å². The van der Waals surface area contributed by atoms with Gasteiger partial charge in [0.25, 0.3) is 0 Å². The maximum atomic E-state index is 12.0. The third-order valence-electron chi connectivity index (χ3n) is 5.55. The van der Waals surface area contributed by atoms with E-state index >= 15 is 0 Å². The molecule has 0 amide bonds. The van der Waals surface area contributed by atoms with Gasteiger partial charge in [0.2, 0.25) is 0 Å². The zero-order valence-electron chi connectivity index (χ0n) is 19.1. The van der Waals surface area contributed by atoms with Gasteiger partial charge in [-0.1, -0.05) is 6.07 Å². The Hall–Kier alpha value is -3.08. The van der Waals surface area contributed by atoms with Crippen LogP contribution in [-0.4, -0.2) is 52.1 Å². The second kappa shape index (κ2) is 11.0. The van der Waals surface area contributed by atoms with Crippen LogP contribution in [0.3, 0.4) is 0 Å². The lowest BCUT2D eigenvalue weighted by Crippen LogP contribution is -2.45. The number of carbonyl (C=O) groups is 1. The van der Waals surface area contributed by atoms with Crippen molar-refractivity contribution in [2.75, 3.05) is 44.1 Å². The molecule has 2 aromatic carbocycles. The smallest absolute Gasteiger partial charge is 0.306 e. The maximum Gasteiger partial charge on any atom is 0.306 e. The fourth-order valence-electron chi connectivity index (χ4n) is 4.10. The molecule has 1 fully saturated rings. The van der Waals surface area contributed by atoms with E-state index in [1.165, 1.54) is 7.11 Å². The number of nitriles is 1. The van der Waals surface area contributed by atoms with Gasteiger partial charge in [-0.2, -0.15) is 5.26 Å². The number of hydrogen-bond acceptors (Lipinski definition) is 7. The molecule has 170 valence electrons. The second-order valence-electron chi connectivity index (χ2n) is 8.19. The SMILES string of the molecule is COCC(CC(=O)OC)c1ccc(N2C[C@@H](C)O[C@@H](C)C2)c(Nc2ccc(C#N)cc2)c1. The zero-order chi connectivity index (χ0) is 23.1. The van der Waals surface area contributed by atoms with Crippen LogP contribution < -0.4 is 10.2 Å². The summed E-state index contributed by atoms with van der Waals surface area (Å²) in [6.45, 7) is 6.15. The molecule has 1 unspecified atom stereocenters. The number of rotatable bonds is 8. The molecule has 0 aromatic heterocycles. The molecule has 1 N–H and O–H groups in total. The van der Waals surface area contributed by atoms with Crippen molar-refractivity contribution in [1.29, 1.82) is 5.26 Å². The van der Waals surface area contributed by atoms with Crippen LogP contribution in [0.5, 0.6) is 0 Å². The van der Waals surface area contributed by atoms with E-state index in [1.807, 2.05) is 12.1 Å². The highest BCUT2D eigenvalue weighted by Gasteiger charge is 2.25. The summed E-state index contributed by atoms with van der Waals surface area (Å²) in [4.78, 5) is 14.3. The van der Waals surface area contributed by atoms with Gasteiger partial charge in [-0.15, -0.1) is 0 Å². The molecule has 2 aromatic rings. The quantitative estimate of drug-likeness (QED) is 0.619. The van der Waals surface area contributed by atoms with Crippen LogP contribution in [0.2, 0.25) is 0 Å². The summed E-state index contributed by atoms with van der Waals surface area (Å²) in [5, 5.41) is 12.6. The zero-order valence-corrected chi connectivity index (χ0v) is 19.1.